The van der Waals surface area contributed by atoms with Crippen molar-refractivity contribution >= 4 is 5.97 Å². The summed E-state index contributed by atoms with van der Waals surface area (Å²) in [4.78, 5) is 12.2. The molecule has 0 saturated heterocycles. The predicted octanol–water partition coefficient (Wildman–Crippen LogP) is 4.05. The Labute approximate surface area is 130 Å². The van der Waals surface area contributed by atoms with Crippen LogP contribution in [-0.4, -0.2) is 20.2 Å². The van der Waals surface area contributed by atoms with Crippen molar-refractivity contribution in [3.05, 3.63) is 53.6 Å². The van der Waals surface area contributed by atoms with Gasteiger partial charge in [0.2, 0.25) is 0 Å². The highest BCUT2D eigenvalue weighted by atomic mass is 16.5. The number of rotatable bonds is 5. The quantitative estimate of drug-likeness (QED) is 0.617. The summed E-state index contributed by atoms with van der Waals surface area (Å²) in [5.41, 5.74) is 1.61. The number of ether oxygens (including phenoxy) is 3. The van der Waals surface area contributed by atoms with Crippen molar-refractivity contribution in [1.29, 1.82) is 0 Å². The third-order valence-electron chi connectivity index (χ3n) is 3.38. The lowest BCUT2D eigenvalue weighted by Gasteiger charge is -2.10. The van der Waals surface area contributed by atoms with E-state index in [1.54, 1.807) is 37.4 Å². The van der Waals surface area contributed by atoms with Gasteiger partial charge >= 0.3 is 5.97 Å². The Balaban J connectivity index is 2.15. The summed E-state index contributed by atoms with van der Waals surface area (Å²) in [6.07, 6.45) is 0. The van der Waals surface area contributed by atoms with Crippen LogP contribution in [-0.2, 0) is 0 Å². The number of hydrogen-bond donors (Lipinski definition) is 0. The highest BCUT2D eigenvalue weighted by molar-refractivity contribution is 5.91. The van der Waals surface area contributed by atoms with Gasteiger partial charge in [0.1, 0.15) is 5.75 Å². The molecule has 22 heavy (non-hydrogen) atoms. The lowest BCUT2D eigenvalue weighted by molar-refractivity contribution is 0.0734. The summed E-state index contributed by atoms with van der Waals surface area (Å²) in [5, 5.41) is 0. The molecule has 0 atom stereocenters. The Morgan fingerprint density at radius 1 is 0.909 bits per heavy atom. The Bertz CT molecular complexity index is 645. The van der Waals surface area contributed by atoms with E-state index in [9.17, 15) is 4.79 Å². The minimum absolute atomic E-state index is 0.408. The summed E-state index contributed by atoms with van der Waals surface area (Å²) in [6, 6.07) is 12.4. The molecule has 4 heteroatoms. The molecule has 0 aliphatic rings. The van der Waals surface area contributed by atoms with E-state index in [2.05, 4.69) is 13.8 Å². The zero-order chi connectivity index (χ0) is 16.1. The van der Waals surface area contributed by atoms with E-state index in [0.717, 1.165) is 0 Å². The second-order valence-corrected chi connectivity index (χ2v) is 5.18. The van der Waals surface area contributed by atoms with Gasteiger partial charge in [-0.2, -0.15) is 0 Å². The van der Waals surface area contributed by atoms with Crippen LogP contribution in [0.2, 0.25) is 0 Å². The summed E-state index contributed by atoms with van der Waals surface area (Å²) >= 11 is 0. The maximum absolute atomic E-state index is 12.2. The van der Waals surface area contributed by atoms with Crippen LogP contribution in [0.25, 0.3) is 0 Å². The van der Waals surface area contributed by atoms with Crippen LogP contribution in [0.4, 0.5) is 0 Å². The summed E-state index contributed by atoms with van der Waals surface area (Å²) in [5.74, 6) is 1.59. The Morgan fingerprint density at radius 2 is 1.55 bits per heavy atom. The molecule has 0 spiro atoms. The lowest BCUT2D eigenvalue weighted by atomic mass is 10.0. The van der Waals surface area contributed by atoms with E-state index >= 15 is 0 Å². The van der Waals surface area contributed by atoms with Crippen LogP contribution < -0.4 is 14.2 Å². The average molecular weight is 300 g/mol. The second-order valence-electron chi connectivity index (χ2n) is 5.18. The van der Waals surface area contributed by atoms with E-state index in [1.165, 1.54) is 12.7 Å². The van der Waals surface area contributed by atoms with E-state index < -0.39 is 5.97 Å². The fourth-order valence-corrected chi connectivity index (χ4v) is 2.05. The lowest BCUT2D eigenvalue weighted by Crippen LogP contribution is -2.09. The molecular formula is C18H20O4. The maximum atomic E-state index is 12.2. The van der Waals surface area contributed by atoms with Gasteiger partial charge in [0.25, 0.3) is 0 Å². The minimum atomic E-state index is -0.432. The third-order valence-corrected chi connectivity index (χ3v) is 3.38. The number of methoxy groups -OCH3 is 2. The minimum Gasteiger partial charge on any atom is -0.493 e. The first kappa shape index (κ1) is 15.9. The molecule has 0 amide bonds. The summed E-state index contributed by atoms with van der Waals surface area (Å²) < 4.78 is 15.7. The van der Waals surface area contributed by atoms with E-state index in [0.29, 0.717) is 28.7 Å². The van der Waals surface area contributed by atoms with Gasteiger partial charge in [0.05, 0.1) is 19.8 Å². The molecule has 0 aliphatic carbocycles. The van der Waals surface area contributed by atoms with Crippen molar-refractivity contribution in [2.24, 2.45) is 0 Å². The maximum Gasteiger partial charge on any atom is 0.343 e. The number of carbonyl (C=O) groups excluding carboxylic acids is 1. The molecule has 0 radical (unpaired) electrons. The van der Waals surface area contributed by atoms with Crippen LogP contribution in [0.3, 0.4) is 0 Å². The molecular weight excluding hydrogens is 280 g/mol. The third kappa shape index (κ3) is 3.58. The fraction of sp³-hybridized carbons (Fsp3) is 0.278. The summed E-state index contributed by atoms with van der Waals surface area (Å²) in [6.45, 7) is 4.23. The number of benzene rings is 2. The van der Waals surface area contributed by atoms with Crippen molar-refractivity contribution < 1.29 is 19.0 Å². The molecule has 4 nitrogen and oxygen atoms in total. The topological polar surface area (TPSA) is 44.8 Å². The molecule has 0 fully saturated rings. The normalized spacial score (nSPS) is 10.4. The SMILES string of the molecule is COc1ccc(C(=O)Oc2ccc(C(C)C)cc2)cc1OC. The molecule has 0 aliphatic heterocycles. The predicted molar refractivity (Wildman–Crippen MR) is 85.0 cm³/mol. The van der Waals surface area contributed by atoms with Gasteiger partial charge in [-0.05, 0) is 41.8 Å². The number of esters is 1. The Morgan fingerprint density at radius 3 is 2.09 bits per heavy atom. The molecule has 0 N–H and O–H groups in total. The van der Waals surface area contributed by atoms with E-state index in [1.807, 2.05) is 12.1 Å². The fourth-order valence-electron chi connectivity index (χ4n) is 2.05. The molecule has 0 unspecified atom stereocenters. The first-order chi connectivity index (χ1) is 10.5. The van der Waals surface area contributed by atoms with Crippen molar-refractivity contribution in [3.63, 3.8) is 0 Å². The van der Waals surface area contributed by atoms with Crippen LogP contribution in [0, 0.1) is 0 Å². The van der Waals surface area contributed by atoms with E-state index in [-0.39, 0.29) is 0 Å². The molecule has 0 aromatic heterocycles. The van der Waals surface area contributed by atoms with Gasteiger partial charge in [-0.3, -0.25) is 0 Å². The van der Waals surface area contributed by atoms with Gasteiger partial charge in [0.15, 0.2) is 11.5 Å². The smallest absolute Gasteiger partial charge is 0.343 e. The Hall–Kier alpha value is -2.49. The summed E-state index contributed by atoms with van der Waals surface area (Å²) in [7, 11) is 3.07. The molecule has 2 aromatic rings. The molecule has 2 aromatic carbocycles. The van der Waals surface area contributed by atoms with Crippen molar-refractivity contribution in [3.8, 4) is 17.2 Å². The van der Waals surface area contributed by atoms with Gasteiger partial charge in [-0.1, -0.05) is 26.0 Å². The molecule has 0 heterocycles. The standard InChI is InChI=1S/C18H20O4/c1-12(2)13-5-8-15(9-6-13)22-18(19)14-7-10-16(20-3)17(11-14)21-4/h5-12H,1-4H3. The zero-order valence-corrected chi connectivity index (χ0v) is 13.3. The molecule has 0 bridgehead atoms. The van der Waals surface area contributed by atoms with Gasteiger partial charge in [-0.25, -0.2) is 4.79 Å². The van der Waals surface area contributed by atoms with Crippen molar-refractivity contribution in [2.45, 2.75) is 19.8 Å². The monoisotopic (exact) mass is 300 g/mol. The van der Waals surface area contributed by atoms with Gasteiger partial charge < -0.3 is 14.2 Å². The molecule has 0 saturated carbocycles. The van der Waals surface area contributed by atoms with Gasteiger partial charge in [-0.15, -0.1) is 0 Å². The van der Waals surface area contributed by atoms with Crippen LogP contribution in [0.15, 0.2) is 42.5 Å². The first-order valence-corrected chi connectivity index (χ1v) is 7.09. The zero-order valence-electron chi connectivity index (χ0n) is 13.3. The van der Waals surface area contributed by atoms with E-state index in [4.69, 9.17) is 14.2 Å². The largest absolute Gasteiger partial charge is 0.493 e. The van der Waals surface area contributed by atoms with Crippen molar-refractivity contribution in [1.82, 2.24) is 0 Å². The van der Waals surface area contributed by atoms with Crippen LogP contribution >= 0.6 is 0 Å². The van der Waals surface area contributed by atoms with Crippen LogP contribution in [0.5, 0.6) is 17.2 Å². The second kappa shape index (κ2) is 6.98. The first-order valence-electron chi connectivity index (χ1n) is 7.09. The van der Waals surface area contributed by atoms with Gasteiger partial charge in [0, 0.05) is 0 Å². The number of carbonyl (C=O) groups is 1. The highest BCUT2D eigenvalue weighted by Crippen LogP contribution is 2.28. The number of hydrogen-bond acceptors (Lipinski definition) is 4. The van der Waals surface area contributed by atoms with Crippen LogP contribution in [0.1, 0.15) is 35.7 Å². The van der Waals surface area contributed by atoms with Crippen molar-refractivity contribution in [2.75, 3.05) is 14.2 Å². The Kier molecular flexibility index (Phi) is 5.04. The molecule has 116 valence electrons. The molecule has 2 rings (SSSR count). The average Bonchev–Trinajstić information content (AvgIpc) is 2.54. The highest BCUT2D eigenvalue weighted by Gasteiger charge is 2.13.